The van der Waals surface area contributed by atoms with E-state index in [9.17, 15) is 31.9 Å². The van der Waals surface area contributed by atoms with Gasteiger partial charge in [0, 0.05) is 11.7 Å². The van der Waals surface area contributed by atoms with Crippen molar-refractivity contribution in [2.45, 2.75) is 55.9 Å². The number of imide groups is 1. The van der Waals surface area contributed by atoms with E-state index in [0.717, 1.165) is 12.8 Å². The third kappa shape index (κ3) is 5.29. The number of nitrogens with one attached hydrogen (secondary N) is 2. The average molecular weight is 492 g/mol. The van der Waals surface area contributed by atoms with Gasteiger partial charge < -0.3 is 11.1 Å². The Labute approximate surface area is 198 Å². The Hall–Kier alpha value is -3.47. The molecule has 1 aliphatic heterocycles. The normalized spacial score (nSPS) is 25.2. The molecule has 0 spiro atoms. The van der Waals surface area contributed by atoms with E-state index in [1.54, 1.807) is 0 Å². The molecule has 2 aromatic carbocycles. The van der Waals surface area contributed by atoms with Gasteiger partial charge in [0.2, 0.25) is 11.8 Å². The van der Waals surface area contributed by atoms with Crippen molar-refractivity contribution in [3.05, 3.63) is 65.5 Å². The number of carbonyl (C=O) groups is 3. The van der Waals surface area contributed by atoms with Gasteiger partial charge >= 0.3 is 12.2 Å². The van der Waals surface area contributed by atoms with Gasteiger partial charge in [-0.15, -0.1) is 0 Å². The largest absolute Gasteiger partial charge is 0.416 e. The van der Waals surface area contributed by atoms with E-state index in [2.05, 4.69) is 5.32 Å². The zero-order chi connectivity index (χ0) is 25.3. The zero-order valence-electron chi connectivity index (χ0n) is 18.5. The lowest BCUT2D eigenvalue weighted by molar-refractivity contribution is -0.137. The summed E-state index contributed by atoms with van der Waals surface area (Å²) >= 11 is 0. The maximum atomic E-state index is 14.0. The second kappa shape index (κ2) is 9.65. The highest BCUT2D eigenvalue weighted by Crippen LogP contribution is 2.35. The van der Waals surface area contributed by atoms with Crippen molar-refractivity contribution >= 4 is 23.5 Å². The smallest absolute Gasteiger partial charge is 0.352 e. The van der Waals surface area contributed by atoms with Crippen LogP contribution in [-0.2, 0) is 15.8 Å². The van der Waals surface area contributed by atoms with E-state index in [0.29, 0.717) is 35.8 Å². The van der Waals surface area contributed by atoms with Crippen LogP contribution in [0.3, 0.4) is 0 Å². The molecule has 4 N–H and O–H groups in total. The van der Waals surface area contributed by atoms with Crippen LogP contribution in [0.25, 0.3) is 0 Å². The van der Waals surface area contributed by atoms with Crippen LogP contribution in [0.2, 0.25) is 0 Å². The van der Waals surface area contributed by atoms with Gasteiger partial charge in [0.1, 0.15) is 17.9 Å². The first-order valence-corrected chi connectivity index (χ1v) is 11.2. The summed E-state index contributed by atoms with van der Waals surface area (Å²) in [5, 5.41) is 4.69. The maximum absolute atomic E-state index is 14.0. The third-order valence-corrected chi connectivity index (χ3v) is 6.47. The minimum Gasteiger partial charge on any atom is -0.352 e. The Balaban J connectivity index is 1.54. The Morgan fingerprint density at radius 3 is 2.31 bits per heavy atom. The third-order valence-electron chi connectivity index (χ3n) is 6.47. The summed E-state index contributed by atoms with van der Waals surface area (Å²) in [6, 6.07) is 6.79. The standard InChI is InChI=1S/C24H24F4N4O3/c25-16-10-15(24(26,27)28)11-18(12-16)32-20(19(29)21(33)31-23(32)35)22(34)30-17-8-6-14(7-9-17)13-4-2-1-3-5-13/h1-5,10-12,14,17,19-20H,6-9,29H2,(H,30,34)(H,31,33,35). The first kappa shape index (κ1) is 24.6. The van der Waals surface area contributed by atoms with Crippen LogP contribution in [0, 0.1) is 5.82 Å². The number of halogens is 4. The van der Waals surface area contributed by atoms with Crippen LogP contribution in [0.15, 0.2) is 48.5 Å². The second-order valence-corrected chi connectivity index (χ2v) is 8.80. The molecular formula is C24H24F4N4O3. The molecule has 2 aliphatic rings. The van der Waals surface area contributed by atoms with E-state index in [1.165, 1.54) is 5.56 Å². The molecule has 7 nitrogen and oxygen atoms in total. The maximum Gasteiger partial charge on any atom is 0.416 e. The summed E-state index contributed by atoms with van der Waals surface area (Å²) in [7, 11) is 0. The van der Waals surface area contributed by atoms with Crippen LogP contribution >= 0.6 is 0 Å². The number of hydrogen-bond donors (Lipinski definition) is 3. The van der Waals surface area contributed by atoms with E-state index in [-0.39, 0.29) is 12.1 Å². The first-order valence-electron chi connectivity index (χ1n) is 11.2. The summed E-state index contributed by atoms with van der Waals surface area (Å²) in [4.78, 5) is 38.5. The Morgan fingerprint density at radius 1 is 1.03 bits per heavy atom. The molecule has 2 fully saturated rings. The lowest BCUT2D eigenvalue weighted by Gasteiger charge is -2.39. The molecule has 35 heavy (non-hydrogen) atoms. The molecular weight excluding hydrogens is 468 g/mol. The van der Waals surface area contributed by atoms with Gasteiger partial charge in [-0.1, -0.05) is 30.3 Å². The van der Waals surface area contributed by atoms with Gasteiger partial charge in [0.25, 0.3) is 0 Å². The molecule has 1 saturated carbocycles. The van der Waals surface area contributed by atoms with E-state index in [4.69, 9.17) is 5.73 Å². The molecule has 2 aromatic rings. The molecule has 0 bridgehead atoms. The molecule has 11 heteroatoms. The van der Waals surface area contributed by atoms with E-state index < -0.39 is 53.2 Å². The van der Waals surface area contributed by atoms with Gasteiger partial charge in [-0.25, -0.2) is 9.18 Å². The highest BCUT2D eigenvalue weighted by molar-refractivity contribution is 6.13. The second-order valence-electron chi connectivity index (χ2n) is 8.80. The van der Waals surface area contributed by atoms with Gasteiger partial charge in [-0.05, 0) is 55.4 Å². The van der Waals surface area contributed by atoms with Gasteiger partial charge in [-0.2, -0.15) is 13.2 Å². The Kier molecular flexibility index (Phi) is 6.79. The van der Waals surface area contributed by atoms with Crippen LogP contribution in [0.4, 0.5) is 28.0 Å². The highest BCUT2D eigenvalue weighted by Gasteiger charge is 2.46. The molecule has 0 aromatic heterocycles. The number of anilines is 1. The lowest BCUT2D eigenvalue weighted by Crippen LogP contribution is -2.70. The number of rotatable bonds is 4. The van der Waals surface area contributed by atoms with Crippen LogP contribution in [-0.4, -0.2) is 36.0 Å². The fourth-order valence-electron chi connectivity index (χ4n) is 4.70. The Bertz CT molecular complexity index is 1120. The minimum absolute atomic E-state index is 0.269. The lowest BCUT2D eigenvalue weighted by atomic mass is 9.81. The summed E-state index contributed by atoms with van der Waals surface area (Å²) in [6.07, 6.45) is -2.03. The molecule has 2 atom stereocenters. The molecule has 186 valence electrons. The van der Waals surface area contributed by atoms with Crippen molar-refractivity contribution in [3.8, 4) is 0 Å². The van der Waals surface area contributed by atoms with Gasteiger partial charge in [-0.3, -0.25) is 19.8 Å². The minimum atomic E-state index is -4.89. The number of nitrogens with two attached hydrogens (primary N) is 1. The number of alkyl halides is 3. The van der Waals surface area contributed by atoms with Crippen molar-refractivity contribution in [2.24, 2.45) is 5.73 Å². The van der Waals surface area contributed by atoms with Crippen molar-refractivity contribution in [3.63, 3.8) is 0 Å². The number of urea groups is 1. The number of carbonyl (C=O) groups excluding carboxylic acids is 3. The number of nitrogens with zero attached hydrogens (tertiary/aromatic N) is 1. The number of amides is 4. The van der Waals surface area contributed by atoms with Crippen molar-refractivity contribution < 1.29 is 31.9 Å². The SMILES string of the molecule is NC1C(=O)NC(=O)N(c2cc(F)cc(C(F)(F)F)c2)C1C(=O)NC1CCC(c2ccccc2)CC1. The molecule has 4 amide bonds. The summed E-state index contributed by atoms with van der Waals surface area (Å²) in [5.41, 5.74) is 5.22. The molecule has 2 unspecified atom stereocenters. The fourth-order valence-corrected chi connectivity index (χ4v) is 4.70. The van der Waals surface area contributed by atoms with E-state index in [1.807, 2.05) is 35.6 Å². The topological polar surface area (TPSA) is 105 Å². The van der Waals surface area contributed by atoms with Crippen LogP contribution in [0.1, 0.15) is 42.7 Å². The predicted molar refractivity (Wildman–Crippen MR) is 119 cm³/mol. The van der Waals surface area contributed by atoms with Crippen molar-refractivity contribution in [1.29, 1.82) is 0 Å². The number of hydrogen-bond acceptors (Lipinski definition) is 4. The summed E-state index contributed by atoms with van der Waals surface area (Å²) in [5.74, 6) is -2.67. The molecule has 1 aliphatic carbocycles. The molecule has 4 rings (SSSR count). The fraction of sp³-hybridized carbons (Fsp3) is 0.375. The summed E-state index contributed by atoms with van der Waals surface area (Å²) < 4.78 is 53.7. The molecule has 1 saturated heterocycles. The van der Waals surface area contributed by atoms with Crippen molar-refractivity contribution in [2.75, 3.05) is 4.90 Å². The van der Waals surface area contributed by atoms with Crippen molar-refractivity contribution in [1.82, 2.24) is 10.6 Å². The predicted octanol–water partition coefficient (Wildman–Crippen LogP) is 3.44. The quantitative estimate of drug-likeness (QED) is 0.569. The average Bonchev–Trinajstić information content (AvgIpc) is 2.81. The number of benzene rings is 2. The first-order chi connectivity index (χ1) is 16.5. The molecule has 0 radical (unpaired) electrons. The zero-order valence-corrected chi connectivity index (χ0v) is 18.5. The Morgan fingerprint density at radius 2 is 1.69 bits per heavy atom. The van der Waals surface area contributed by atoms with E-state index >= 15 is 0 Å². The highest BCUT2D eigenvalue weighted by atomic mass is 19.4. The van der Waals surface area contributed by atoms with Crippen LogP contribution in [0.5, 0.6) is 0 Å². The van der Waals surface area contributed by atoms with Gasteiger partial charge in [0.15, 0.2) is 0 Å². The summed E-state index contributed by atoms with van der Waals surface area (Å²) in [6.45, 7) is 0. The monoisotopic (exact) mass is 492 g/mol. The van der Waals surface area contributed by atoms with Crippen LogP contribution < -0.4 is 21.3 Å². The molecule has 1 heterocycles. The van der Waals surface area contributed by atoms with Gasteiger partial charge in [0.05, 0.1) is 5.56 Å².